The van der Waals surface area contributed by atoms with E-state index in [2.05, 4.69) is 55.7 Å². The summed E-state index contributed by atoms with van der Waals surface area (Å²) in [6.07, 6.45) is 17.4. The lowest BCUT2D eigenvalue weighted by Crippen LogP contribution is -2.16. The Balaban J connectivity index is 2.16. The lowest BCUT2D eigenvalue weighted by molar-refractivity contribution is 0.841. The summed E-state index contributed by atoms with van der Waals surface area (Å²) in [6.45, 7) is 8.45. The van der Waals surface area contributed by atoms with Gasteiger partial charge in [-0.2, -0.15) is 0 Å². The molecule has 0 saturated heterocycles. The van der Waals surface area contributed by atoms with Gasteiger partial charge in [0.1, 0.15) is 0 Å². The summed E-state index contributed by atoms with van der Waals surface area (Å²) in [5.41, 5.74) is 6.47. The van der Waals surface area contributed by atoms with E-state index in [1.165, 1.54) is 27.9 Å². The molecule has 0 aromatic heterocycles. The maximum absolute atomic E-state index is 4.26. The third-order valence-corrected chi connectivity index (χ3v) is 3.65. The minimum atomic E-state index is 0.329. The van der Waals surface area contributed by atoms with Crippen molar-refractivity contribution >= 4 is 0 Å². The molecule has 1 atom stereocenters. The van der Waals surface area contributed by atoms with Crippen molar-refractivity contribution in [3.63, 3.8) is 0 Å². The minimum Gasteiger partial charge on any atom is -0.0955 e. The van der Waals surface area contributed by atoms with Gasteiger partial charge in [0, 0.05) is 5.92 Å². The molecule has 0 heteroatoms. The quantitative estimate of drug-likeness (QED) is 0.566. The van der Waals surface area contributed by atoms with Crippen LogP contribution >= 0.6 is 0 Å². The zero-order valence-electron chi connectivity index (χ0n) is 9.95. The highest BCUT2D eigenvalue weighted by Gasteiger charge is 2.27. The first kappa shape index (κ1) is 10.3. The fourth-order valence-corrected chi connectivity index (χ4v) is 2.79. The van der Waals surface area contributed by atoms with E-state index in [1.807, 2.05) is 0 Å². The minimum absolute atomic E-state index is 0.329. The van der Waals surface area contributed by atoms with Gasteiger partial charge in [0.05, 0.1) is 0 Å². The van der Waals surface area contributed by atoms with Gasteiger partial charge in [-0.15, -0.1) is 0 Å². The van der Waals surface area contributed by atoms with Gasteiger partial charge in [0.2, 0.25) is 0 Å². The fourth-order valence-electron chi connectivity index (χ4n) is 2.79. The molecular weight excluding hydrogens is 204 g/mol. The highest BCUT2D eigenvalue weighted by Crippen LogP contribution is 2.42. The molecule has 0 N–H and O–H groups in total. The number of allylic oxidation sites excluding steroid dienone is 12. The fraction of sp³-hybridized carbons (Fsp3) is 0.176. The Morgan fingerprint density at radius 3 is 2.82 bits per heavy atom. The van der Waals surface area contributed by atoms with Gasteiger partial charge in [-0.3, -0.25) is 0 Å². The Morgan fingerprint density at radius 1 is 1.06 bits per heavy atom. The molecule has 0 heterocycles. The summed E-state index contributed by atoms with van der Waals surface area (Å²) < 4.78 is 0. The van der Waals surface area contributed by atoms with Gasteiger partial charge in [0.25, 0.3) is 0 Å². The van der Waals surface area contributed by atoms with E-state index in [9.17, 15) is 0 Å². The van der Waals surface area contributed by atoms with Crippen LogP contribution in [0.4, 0.5) is 0 Å². The Morgan fingerprint density at radius 2 is 1.94 bits per heavy atom. The number of rotatable bonds is 0. The molecule has 84 valence electrons. The summed E-state index contributed by atoms with van der Waals surface area (Å²) in [7, 11) is 0. The highest BCUT2D eigenvalue weighted by molar-refractivity contribution is 5.61. The van der Waals surface area contributed by atoms with E-state index in [1.54, 1.807) is 0 Å². The molecule has 0 spiro atoms. The van der Waals surface area contributed by atoms with Gasteiger partial charge in [-0.25, -0.2) is 0 Å². The average Bonchev–Trinajstić information content (AvgIpc) is 2.52. The van der Waals surface area contributed by atoms with Crippen LogP contribution in [0.15, 0.2) is 83.6 Å². The van der Waals surface area contributed by atoms with Crippen LogP contribution in [0.2, 0.25) is 0 Å². The summed E-state index contributed by atoms with van der Waals surface area (Å²) in [4.78, 5) is 0. The lowest BCUT2D eigenvalue weighted by atomic mass is 9.74. The Bertz CT molecular complexity index is 545. The van der Waals surface area contributed by atoms with Gasteiger partial charge in [0.15, 0.2) is 0 Å². The zero-order chi connectivity index (χ0) is 11.8. The Labute approximate surface area is 103 Å². The van der Waals surface area contributed by atoms with Crippen molar-refractivity contribution in [2.75, 3.05) is 0 Å². The van der Waals surface area contributed by atoms with Crippen LogP contribution < -0.4 is 0 Å². The zero-order valence-corrected chi connectivity index (χ0v) is 9.95. The second-order valence-electron chi connectivity index (χ2n) is 4.78. The first-order valence-corrected chi connectivity index (χ1v) is 6.11. The maximum Gasteiger partial charge on any atom is 0.0342 e. The first-order chi connectivity index (χ1) is 8.27. The van der Waals surface area contributed by atoms with Gasteiger partial charge in [-0.1, -0.05) is 61.3 Å². The van der Waals surface area contributed by atoms with Crippen LogP contribution in [0.5, 0.6) is 0 Å². The molecule has 0 bridgehead atoms. The van der Waals surface area contributed by atoms with E-state index in [0.29, 0.717) is 5.92 Å². The number of hydrogen-bond donors (Lipinski definition) is 0. The summed E-state index contributed by atoms with van der Waals surface area (Å²) in [5.74, 6) is 0.329. The lowest BCUT2D eigenvalue weighted by Gasteiger charge is -2.30. The van der Waals surface area contributed by atoms with E-state index in [-0.39, 0.29) is 0 Å². The van der Waals surface area contributed by atoms with Gasteiger partial charge < -0.3 is 0 Å². The van der Waals surface area contributed by atoms with Crippen LogP contribution in [0.3, 0.4) is 0 Å². The molecule has 0 aromatic carbocycles. The first-order valence-electron chi connectivity index (χ1n) is 6.11. The molecule has 17 heavy (non-hydrogen) atoms. The molecule has 0 aliphatic heterocycles. The van der Waals surface area contributed by atoms with Crippen LogP contribution in [-0.4, -0.2) is 0 Å². The van der Waals surface area contributed by atoms with E-state index in [4.69, 9.17) is 0 Å². The topological polar surface area (TPSA) is 0 Å². The summed E-state index contributed by atoms with van der Waals surface area (Å²) >= 11 is 0. The Kier molecular flexibility index (Phi) is 2.36. The monoisotopic (exact) mass is 220 g/mol. The van der Waals surface area contributed by atoms with Crippen LogP contribution in [0.1, 0.15) is 12.8 Å². The molecular formula is C17H16. The van der Waals surface area contributed by atoms with Crippen LogP contribution in [0.25, 0.3) is 0 Å². The van der Waals surface area contributed by atoms with E-state index in [0.717, 1.165) is 12.8 Å². The third kappa shape index (κ3) is 1.61. The van der Waals surface area contributed by atoms with E-state index < -0.39 is 0 Å². The molecule has 3 rings (SSSR count). The Hall–Kier alpha value is -1.82. The second kappa shape index (κ2) is 3.89. The predicted molar refractivity (Wildman–Crippen MR) is 73.5 cm³/mol. The van der Waals surface area contributed by atoms with Crippen molar-refractivity contribution in [2.45, 2.75) is 12.8 Å². The summed E-state index contributed by atoms with van der Waals surface area (Å²) in [6, 6.07) is 0. The maximum atomic E-state index is 4.26. The molecule has 3 aliphatic rings. The van der Waals surface area contributed by atoms with Gasteiger partial charge >= 0.3 is 0 Å². The average molecular weight is 220 g/mol. The molecule has 0 saturated carbocycles. The standard InChI is InChI=1S/C17H16/c1-12-6-3-4-8-14-10-11-15-9-5-7-13(2)17(15)16(12)14/h4-5,7-11,17H,1-3,6H2. The van der Waals surface area contributed by atoms with Crippen molar-refractivity contribution in [1.29, 1.82) is 0 Å². The van der Waals surface area contributed by atoms with Crippen LogP contribution in [-0.2, 0) is 0 Å². The molecule has 3 aliphatic carbocycles. The van der Waals surface area contributed by atoms with E-state index >= 15 is 0 Å². The van der Waals surface area contributed by atoms with Crippen molar-refractivity contribution in [2.24, 2.45) is 5.92 Å². The molecule has 0 amide bonds. The third-order valence-electron chi connectivity index (χ3n) is 3.65. The van der Waals surface area contributed by atoms with Crippen LogP contribution in [0, 0.1) is 5.92 Å². The van der Waals surface area contributed by atoms with Gasteiger partial charge in [-0.05, 0) is 35.1 Å². The summed E-state index contributed by atoms with van der Waals surface area (Å²) in [5, 5.41) is 0. The molecule has 0 aromatic rings. The largest absolute Gasteiger partial charge is 0.0955 e. The van der Waals surface area contributed by atoms with Crippen molar-refractivity contribution in [1.82, 2.24) is 0 Å². The molecule has 0 fully saturated rings. The molecule has 0 radical (unpaired) electrons. The predicted octanol–water partition coefficient (Wildman–Crippen LogP) is 4.43. The normalized spacial score (nSPS) is 26.6. The number of fused-ring (bicyclic) bond motifs is 2. The molecule has 0 nitrogen and oxygen atoms in total. The van der Waals surface area contributed by atoms with Crippen molar-refractivity contribution < 1.29 is 0 Å². The second-order valence-corrected chi connectivity index (χ2v) is 4.78. The van der Waals surface area contributed by atoms with Crippen molar-refractivity contribution in [3.8, 4) is 0 Å². The number of hydrogen-bond acceptors (Lipinski definition) is 0. The SMILES string of the molecule is C=C1CCC=CC2=C1C1C(=C)C=CC=C1C=C2. The van der Waals surface area contributed by atoms with Crippen molar-refractivity contribution in [3.05, 3.63) is 83.6 Å². The smallest absolute Gasteiger partial charge is 0.0342 e. The highest BCUT2D eigenvalue weighted by atomic mass is 14.3. The molecule has 1 unspecified atom stereocenters.